The van der Waals surface area contributed by atoms with Gasteiger partial charge >= 0.3 is 6.36 Å². The molecule has 0 unspecified atom stereocenters. The second-order valence-corrected chi connectivity index (χ2v) is 10.2. The Balaban J connectivity index is 1.82. The van der Waals surface area contributed by atoms with E-state index in [-0.39, 0.29) is 21.1 Å². The summed E-state index contributed by atoms with van der Waals surface area (Å²) < 4.78 is 69.5. The van der Waals surface area contributed by atoms with Crippen molar-refractivity contribution in [2.24, 2.45) is 0 Å². The van der Waals surface area contributed by atoms with Crippen LogP contribution in [0.4, 0.5) is 19.0 Å². The molecule has 3 aromatic rings. The van der Waals surface area contributed by atoms with E-state index in [2.05, 4.69) is 37.2 Å². The average Bonchev–Trinajstić information content (AvgIpc) is 3.05. The first kappa shape index (κ1) is 23.6. The van der Waals surface area contributed by atoms with Crippen molar-refractivity contribution in [1.29, 1.82) is 0 Å². The number of thiol groups is 1. The van der Waals surface area contributed by atoms with Gasteiger partial charge in [0.05, 0.1) is 21.2 Å². The van der Waals surface area contributed by atoms with Crippen LogP contribution in [0.5, 0.6) is 5.75 Å². The molecule has 0 spiro atoms. The molecule has 178 valence electrons. The number of likely N-dealkylation sites (N-methyl/N-ethyl adjacent to an activating group) is 1. The van der Waals surface area contributed by atoms with E-state index in [1.54, 1.807) is 13.8 Å². The second-order valence-electron chi connectivity index (χ2n) is 7.83. The third-order valence-corrected chi connectivity index (χ3v) is 7.88. The average molecular weight is 502 g/mol. The zero-order valence-corrected chi connectivity index (χ0v) is 19.8. The minimum Gasteiger partial charge on any atom is -0.406 e. The fraction of sp³-hybridized carbons (Fsp3) is 0.400. The molecular weight excluding hydrogens is 479 g/mol. The first-order valence-corrected chi connectivity index (χ1v) is 11.9. The summed E-state index contributed by atoms with van der Waals surface area (Å²) in [4.78, 5) is 9.06. The molecule has 0 bridgehead atoms. The van der Waals surface area contributed by atoms with Crippen LogP contribution in [0, 0.1) is 13.8 Å². The maximum absolute atomic E-state index is 13.5. The van der Waals surface area contributed by atoms with E-state index < -0.39 is 21.9 Å². The monoisotopic (exact) mass is 501 g/mol. The van der Waals surface area contributed by atoms with E-state index in [9.17, 15) is 21.6 Å². The Morgan fingerprint density at radius 3 is 2.21 bits per heavy atom. The maximum atomic E-state index is 13.5. The van der Waals surface area contributed by atoms with Gasteiger partial charge in [-0.15, -0.1) is 25.8 Å². The Morgan fingerprint density at radius 1 is 1.03 bits per heavy atom. The van der Waals surface area contributed by atoms with Crippen molar-refractivity contribution >= 4 is 33.9 Å². The minimum absolute atomic E-state index is 0.0983. The van der Waals surface area contributed by atoms with E-state index in [4.69, 9.17) is 0 Å². The summed E-state index contributed by atoms with van der Waals surface area (Å²) in [6.07, 6.45) is -4.87. The molecule has 0 saturated carbocycles. The summed E-state index contributed by atoms with van der Waals surface area (Å²) in [6, 6.07) is 4.06. The van der Waals surface area contributed by atoms with Gasteiger partial charge in [0.25, 0.3) is 0 Å². The minimum atomic E-state index is -4.87. The van der Waals surface area contributed by atoms with Crippen LogP contribution in [0.3, 0.4) is 0 Å². The molecular formula is C20H22F3N5O3S2. The van der Waals surface area contributed by atoms with Crippen LogP contribution >= 0.6 is 12.6 Å². The number of sulfone groups is 1. The number of aryl methyl sites for hydroxylation is 2. The Kier molecular flexibility index (Phi) is 5.99. The number of rotatable bonds is 4. The van der Waals surface area contributed by atoms with Crippen LogP contribution in [0.1, 0.15) is 11.4 Å². The number of fused-ring (bicyclic) bond motifs is 1. The lowest BCUT2D eigenvalue weighted by molar-refractivity contribution is -0.274. The van der Waals surface area contributed by atoms with Crippen LogP contribution in [-0.2, 0) is 9.84 Å². The fourth-order valence-electron chi connectivity index (χ4n) is 3.78. The van der Waals surface area contributed by atoms with Crippen molar-refractivity contribution in [3.63, 3.8) is 0 Å². The predicted octanol–water partition coefficient (Wildman–Crippen LogP) is 3.12. The molecule has 13 heteroatoms. The van der Waals surface area contributed by atoms with Crippen LogP contribution in [-0.4, -0.2) is 67.5 Å². The summed E-state index contributed by atoms with van der Waals surface area (Å²) in [6.45, 7) is 6.38. The maximum Gasteiger partial charge on any atom is 0.573 e. The lowest BCUT2D eigenvalue weighted by Crippen LogP contribution is -2.45. The highest BCUT2D eigenvalue weighted by Crippen LogP contribution is 2.34. The molecule has 8 nitrogen and oxygen atoms in total. The van der Waals surface area contributed by atoms with E-state index >= 15 is 0 Å². The number of piperazine rings is 1. The highest BCUT2D eigenvalue weighted by Gasteiger charge is 2.33. The number of nitrogens with zero attached hydrogens (tertiary/aromatic N) is 5. The van der Waals surface area contributed by atoms with Crippen LogP contribution in [0.2, 0.25) is 0 Å². The van der Waals surface area contributed by atoms with Crippen LogP contribution in [0.25, 0.3) is 5.65 Å². The van der Waals surface area contributed by atoms with Gasteiger partial charge in [0, 0.05) is 26.2 Å². The topological polar surface area (TPSA) is 80.0 Å². The quantitative estimate of drug-likeness (QED) is 0.551. The number of ether oxygens (including phenoxy) is 1. The van der Waals surface area contributed by atoms with Gasteiger partial charge in [0.2, 0.25) is 9.84 Å². The molecule has 0 amide bonds. The molecule has 1 aliphatic rings. The van der Waals surface area contributed by atoms with E-state index in [0.717, 1.165) is 37.4 Å². The third kappa shape index (κ3) is 4.49. The summed E-state index contributed by atoms with van der Waals surface area (Å²) >= 11 is 4.62. The number of benzene rings is 1. The van der Waals surface area contributed by atoms with Gasteiger partial charge < -0.3 is 14.5 Å². The lowest BCUT2D eigenvalue weighted by atomic mass is 10.3. The Bertz CT molecular complexity index is 1300. The number of halogens is 3. The Morgan fingerprint density at radius 2 is 1.64 bits per heavy atom. The lowest BCUT2D eigenvalue weighted by Gasteiger charge is -2.34. The molecule has 1 aromatic carbocycles. The zero-order valence-electron chi connectivity index (χ0n) is 18.1. The molecule has 2 aromatic heterocycles. The Labute approximate surface area is 194 Å². The molecule has 4 rings (SSSR count). The first-order chi connectivity index (χ1) is 15.4. The normalized spacial score (nSPS) is 15.9. The van der Waals surface area contributed by atoms with Crippen molar-refractivity contribution in [3.8, 4) is 5.75 Å². The van der Waals surface area contributed by atoms with Gasteiger partial charge in [-0.25, -0.2) is 13.4 Å². The van der Waals surface area contributed by atoms with Gasteiger partial charge in [-0.05, 0) is 45.2 Å². The van der Waals surface area contributed by atoms with E-state index in [0.29, 0.717) is 29.5 Å². The SMILES string of the molecule is Cc1nc2c(S(=O)(=O)c3ccc(OC(F)(F)F)cc3)c(C)nn2c(N2CCN(C)CC2)c1S. The van der Waals surface area contributed by atoms with Crippen molar-refractivity contribution in [2.75, 3.05) is 38.1 Å². The molecule has 33 heavy (non-hydrogen) atoms. The molecule has 1 saturated heterocycles. The van der Waals surface area contributed by atoms with E-state index in [1.165, 1.54) is 4.52 Å². The van der Waals surface area contributed by atoms with Crippen molar-refractivity contribution < 1.29 is 26.3 Å². The molecule has 1 fully saturated rings. The number of anilines is 1. The summed E-state index contributed by atoms with van der Waals surface area (Å²) in [5.74, 6) is 0.150. The van der Waals surface area contributed by atoms with Gasteiger partial charge in [-0.3, -0.25) is 0 Å². The van der Waals surface area contributed by atoms with Gasteiger partial charge in [-0.1, -0.05) is 0 Å². The molecule has 3 heterocycles. The first-order valence-electron chi connectivity index (χ1n) is 10.0. The molecule has 0 atom stereocenters. The smallest absolute Gasteiger partial charge is 0.406 e. The van der Waals surface area contributed by atoms with Crippen LogP contribution in [0.15, 0.2) is 39.0 Å². The highest BCUT2D eigenvalue weighted by atomic mass is 32.2. The molecule has 1 aliphatic heterocycles. The van der Waals surface area contributed by atoms with Crippen LogP contribution < -0.4 is 9.64 Å². The largest absolute Gasteiger partial charge is 0.573 e. The van der Waals surface area contributed by atoms with Gasteiger partial charge in [0.1, 0.15) is 16.5 Å². The number of hydrogen-bond acceptors (Lipinski definition) is 8. The van der Waals surface area contributed by atoms with Crippen molar-refractivity contribution in [2.45, 2.75) is 34.9 Å². The van der Waals surface area contributed by atoms with Crippen molar-refractivity contribution in [3.05, 3.63) is 35.7 Å². The predicted molar refractivity (Wildman–Crippen MR) is 118 cm³/mol. The third-order valence-electron chi connectivity index (χ3n) is 5.45. The highest BCUT2D eigenvalue weighted by molar-refractivity contribution is 7.91. The molecule has 0 radical (unpaired) electrons. The second kappa shape index (κ2) is 8.37. The standard InChI is InChI=1S/C20H22F3N5O3S2/c1-12-16(32)19(27-10-8-26(3)9-11-27)28-18(24-12)17(13(2)25-28)33(29,30)15-6-4-14(5-7-15)31-20(21,22)23/h4-7,32H,8-11H2,1-3H3. The summed E-state index contributed by atoms with van der Waals surface area (Å²) in [7, 11) is -2.11. The Hall–Kier alpha value is -2.51. The number of hydrogen-bond donors (Lipinski definition) is 1. The van der Waals surface area contributed by atoms with Crippen molar-refractivity contribution in [1.82, 2.24) is 19.5 Å². The summed E-state index contributed by atoms with van der Waals surface area (Å²) in [5, 5.41) is 4.46. The summed E-state index contributed by atoms with van der Waals surface area (Å²) in [5.41, 5.74) is 0.921. The fourth-order valence-corrected chi connectivity index (χ4v) is 5.59. The number of aromatic nitrogens is 3. The zero-order chi connectivity index (χ0) is 24.1. The molecule has 0 aliphatic carbocycles. The van der Waals surface area contributed by atoms with E-state index in [1.807, 2.05) is 7.05 Å². The van der Waals surface area contributed by atoms with Gasteiger partial charge in [0.15, 0.2) is 5.65 Å². The number of alkyl halides is 3. The molecule has 0 N–H and O–H groups in total. The van der Waals surface area contributed by atoms with Gasteiger partial charge in [-0.2, -0.15) is 9.61 Å².